The fourth-order valence-electron chi connectivity index (χ4n) is 1.80. The lowest BCUT2D eigenvalue weighted by atomic mass is 10.0. The van der Waals surface area contributed by atoms with Crippen molar-refractivity contribution in [3.63, 3.8) is 0 Å². The number of esters is 1. The smallest absolute Gasteiger partial charge is 0.354 e. The zero-order valence-electron chi connectivity index (χ0n) is 10.1. The molecule has 4 nitrogen and oxygen atoms in total. The quantitative estimate of drug-likeness (QED) is 0.812. The number of nitrogens with one attached hydrogen (secondary N) is 1. The minimum atomic E-state index is -0.340. The highest BCUT2D eigenvalue weighted by molar-refractivity contribution is 6.37. The number of carbonyl (C=O) groups excluding carboxylic acids is 1. The summed E-state index contributed by atoms with van der Waals surface area (Å²) in [5.41, 5.74) is 6.66. The zero-order valence-corrected chi connectivity index (χ0v) is 10.1. The van der Waals surface area contributed by atoms with Crippen LogP contribution in [0.3, 0.4) is 0 Å². The summed E-state index contributed by atoms with van der Waals surface area (Å²) in [6, 6.07) is 6.17. The molecule has 0 fully saturated rings. The molecule has 1 aliphatic heterocycles. The molecule has 1 heterocycles. The molecule has 90 valence electrons. The first-order chi connectivity index (χ1) is 8.24. The van der Waals surface area contributed by atoms with E-state index in [1.54, 1.807) is 6.92 Å². The topological polar surface area (TPSA) is 50.7 Å². The number of hydrazone groups is 1. The van der Waals surface area contributed by atoms with Crippen LogP contribution in [0, 0.1) is 0 Å². The lowest BCUT2D eigenvalue weighted by molar-refractivity contribution is -0.135. The van der Waals surface area contributed by atoms with Gasteiger partial charge in [-0.2, -0.15) is 5.10 Å². The van der Waals surface area contributed by atoms with Crippen LogP contribution in [0.25, 0.3) is 0 Å². The Morgan fingerprint density at radius 1 is 1.47 bits per heavy atom. The van der Waals surface area contributed by atoms with Gasteiger partial charge in [-0.1, -0.05) is 19.1 Å². The van der Waals surface area contributed by atoms with E-state index in [0.717, 1.165) is 17.7 Å². The summed E-state index contributed by atoms with van der Waals surface area (Å²) >= 11 is 0. The van der Waals surface area contributed by atoms with E-state index in [4.69, 9.17) is 4.74 Å². The van der Waals surface area contributed by atoms with Gasteiger partial charge in [-0.05, 0) is 30.5 Å². The molecule has 1 aliphatic rings. The Morgan fingerprint density at radius 3 is 3.00 bits per heavy atom. The summed E-state index contributed by atoms with van der Waals surface area (Å²) in [6.07, 6.45) is 1.52. The molecule has 2 rings (SSSR count). The molecular weight excluding hydrogens is 216 g/mol. The molecule has 4 heteroatoms. The van der Waals surface area contributed by atoms with Crippen LogP contribution in [0.1, 0.15) is 25.0 Å². The molecule has 0 aromatic heterocycles. The van der Waals surface area contributed by atoms with Crippen molar-refractivity contribution in [1.29, 1.82) is 0 Å². The normalized spacial score (nSPS) is 13.4. The van der Waals surface area contributed by atoms with Crippen molar-refractivity contribution in [2.45, 2.75) is 26.7 Å². The summed E-state index contributed by atoms with van der Waals surface area (Å²) in [4.78, 5) is 11.6. The van der Waals surface area contributed by atoms with Crippen molar-refractivity contribution in [3.8, 4) is 0 Å². The fraction of sp³-hybridized carbons (Fsp3) is 0.385. The maximum absolute atomic E-state index is 11.6. The predicted molar refractivity (Wildman–Crippen MR) is 67.2 cm³/mol. The SMILES string of the molecule is CCOC(=O)C1=NNc2ccc(CC)cc2C1. The van der Waals surface area contributed by atoms with Crippen molar-refractivity contribution in [1.82, 2.24) is 0 Å². The van der Waals surface area contributed by atoms with Crippen molar-refractivity contribution >= 4 is 17.4 Å². The maximum atomic E-state index is 11.6. The van der Waals surface area contributed by atoms with E-state index in [0.29, 0.717) is 18.7 Å². The van der Waals surface area contributed by atoms with E-state index < -0.39 is 0 Å². The van der Waals surface area contributed by atoms with E-state index in [1.807, 2.05) is 6.07 Å². The lowest BCUT2D eigenvalue weighted by Crippen LogP contribution is -2.24. The van der Waals surface area contributed by atoms with E-state index in [-0.39, 0.29) is 5.97 Å². The molecule has 0 saturated carbocycles. The summed E-state index contributed by atoms with van der Waals surface area (Å²) in [5, 5.41) is 4.04. The van der Waals surface area contributed by atoms with Gasteiger partial charge in [0.1, 0.15) is 5.71 Å². The minimum absolute atomic E-state index is 0.340. The first kappa shape index (κ1) is 11.6. The predicted octanol–water partition coefficient (Wildman–Crippen LogP) is 2.14. The monoisotopic (exact) mass is 232 g/mol. The van der Waals surface area contributed by atoms with Crippen LogP contribution in [0.15, 0.2) is 23.3 Å². The van der Waals surface area contributed by atoms with Gasteiger partial charge in [0, 0.05) is 6.42 Å². The molecule has 1 aromatic rings. The number of aryl methyl sites for hydroxylation is 1. The van der Waals surface area contributed by atoms with Crippen LogP contribution in [-0.2, 0) is 22.4 Å². The largest absolute Gasteiger partial charge is 0.461 e. The number of hydrogen-bond acceptors (Lipinski definition) is 4. The minimum Gasteiger partial charge on any atom is -0.461 e. The van der Waals surface area contributed by atoms with E-state index in [1.165, 1.54) is 5.56 Å². The molecule has 0 bridgehead atoms. The van der Waals surface area contributed by atoms with E-state index in [9.17, 15) is 4.79 Å². The Labute approximate surface area is 101 Å². The van der Waals surface area contributed by atoms with Gasteiger partial charge in [0.05, 0.1) is 12.3 Å². The Kier molecular flexibility index (Phi) is 3.42. The average Bonchev–Trinajstić information content (AvgIpc) is 2.37. The van der Waals surface area contributed by atoms with Crippen LogP contribution in [0.2, 0.25) is 0 Å². The Balaban J connectivity index is 2.19. The number of rotatable bonds is 3. The van der Waals surface area contributed by atoms with Crippen molar-refractivity contribution in [2.24, 2.45) is 5.10 Å². The second kappa shape index (κ2) is 4.99. The number of fused-ring (bicyclic) bond motifs is 1. The van der Waals surface area contributed by atoms with E-state index in [2.05, 4.69) is 29.6 Å². The van der Waals surface area contributed by atoms with Gasteiger partial charge in [0.15, 0.2) is 0 Å². The molecule has 0 radical (unpaired) electrons. The Hall–Kier alpha value is -1.84. The lowest BCUT2D eigenvalue weighted by Gasteiger charge is -2.17. The number of benzene rings is 1. The first-order valence-electron chi connectivity index (χ1n) is 5.86. The fourth-order valence-corrected chi connectivity index (χ4v) is 1.80. The van der Waals surface area contributed by atoms with E-state index >= 15 is 0 Å². The Bertz CT molecular complexity index is 466. The third-order valence-corrected chi connectivity index (χ3v) is 2.76. The highest BCUT2D eigenvalue weighted by atomic mass is 16.5. The number of carbonyl (C=O) groups is 1. The molecule has 1 aromatic carbocycles. The second-order valence-corrected chi connectivity index (χ2v) is 3.91. The molecule has 1 N–H and O–H groups in total. The molecule has 0 atom stereocenters. The van der Waals surface area contributed by atoms with Crippen LogP contribution >= 0.6 is 0 Å². The summed E-state index contributed by atoms with van der Waals surface area (Å²) in [5.74, 6) is -0.340. The third kappa shape index (κ3) is 2.46. The zero-order chi connectivity index (χ0) is 12.3. The highest BCUT2D eigenvalue weighted by Gasteiger charge is 2.19. The molecule has 0 aliphatic carbocycles. The van der Waals surface area contributed by atoms with Crippen LogP contribution < -0.4 is 5.43 Å². The van der Waals surface area contributed by atoms with Gasteiger partial charge >= 0.3 is 5.97 Å². The van der Waals surface area contributed by atoms with Crippen LogP contribution in [0.5, 0.6) is 0 Å². The van der Waals surface area contributed by atoms with Gasteiger partial charge < -0.3 is 4.74 Å². The summed E-state index contributed by atoms with van der Waals surface area (Å²) in [6.45, 7) is 4.27. The van der Waals surface area contributed by atoms with Crippen molar-refractivity contribution < 1.29 is 9.53 Å². The second-order valence-electron chi connectivity index (χ2n) is 3.91. The molecule has 0 unspecified atom stereocenters. The number of hydrogen-bond donors (Lipinski definition) is 1. The Morgan fingerprint density at radius 2 is 2.29 bits per heavy atom. The highest BCUT2D eigenvalue weighted by Crippen LogP contribution is 2.22. The van der Waals surface area contributed by atoms with Gasteiger partial charge in [-0.25, -0.2) is 4.79 Å². The van der Waals surface area contributed by atoms with Crippen LogP contribution in [-0.4, -0.2) is 18.3 Å². The van der Waals surface area contributed by atoms with Gasteiger partial charge in [0.2, 0.25) is 0 Å². The van der Waals surface area contributed by atoms with Crippen molar-refractivity contribution in [3.05, 3.63) is 29.3 Å². The molecule has 0 spiro atoms. The first-order valence-corrected chi connectivity index (χ1v) is 5.86. The third-order valence-electron chi connectivity index (χ3n) is 2.76. The maximum Gasteiger partial charge on any atom is 0.354 e. The number of ether oxygens (including phenoxy) is 1. The molecule has 17 heavy (non-hydrogen) atoms. The number of anilines is 1. The van der Waals surface area contributed by atoms with Gasteiger partial charge in [-0.15, -0.1) is 0 Å². The van der Waals surface area contributed by atoms with Gasteiger partial charge in [0.25, 0.3) is 0 Å². The average molecular weight is 232 g/mol. The van der Waals surface area contributed by atoms with Crippen LogP contribution in [0.4, 0.5) is 5.69 Å². The molecular formula is C13H16N2O2. The molecule has 0 amide bonds. The summed E-state index contributed by atoms with van der Waals surface area (Å²) < 4.78 is 4.94. The summed E-state index contributed by atoms with van der Waals surface area (Å²) in [7, 11) is 0. The number of nitrogens with zero attached hydrogens (tertiary/aromatic N) is 1. The molecule has 0 saturated heterocycles. The van der Waals surface area contributed by atoms with Crippen molar-refractivity contribution in [2.75, 3.05) is 12.0 Å². The van der Waals surface area contributed by atoms with Gasteiger partial charge in [-0.3, -0.25) is 5.43 Å². The standard InChI is InChI=1S/C13H16N2O2/c1-3-9-5-6-11-10(7-9)8-12(15-14-11)13(16)17-4-2/h5-7,14H,3-4,8H2,1-2H3.